The lowest BCUT2D eigenvalue weighted by atomic mass is 10.1. The van der Waals surface area contributed by atoms with Crippen molar-refractivity contribution in [3.8, 4) is 0 Å². The van der Waals surface area contributed by atoms with Crippen molar-refractivity contribution in [2.45, 2.75) is 32.1 Å². The minimum Gasteiger partial charge on any atom is -0.385 e. The van der Waals surface area contributed by atoms with Crippen molar-refractivity contribution < 1.29 is 4.74 Å². The fourth-order valence-corrected chi connectivity index (χ4v) is 2.38. The van der Waals surface area contributed by atoms with Crippen molar-refractivity contribution in [1.82, 2.24) is 15.0 Å². The van der Waals surface area contributed by atoms with Crippen molar-refractivity contribution in [3.63, 3.8) is 0 Å². The first-order valence-electron chi connectivity index (χ1n) is 7.19. The van der Waals surface area contributed by atoms with Crippen LogP contribution in [0.2, 0.25) is 5.28 Å². The summed E-state index contributed by atoms with van der Waals surface area (Å²) in [6.45, 7) is 3.57. The number of nitrogens with one attached hydrogen (secondary N) is 1. The number of halogens is 1. The molecular weight excluding hydrogens is 278 g/mol. The highest BCUT2D eigenvalue weighted by atomic mass is 35.5. The number of hydrogen-bond acceptors (Lipinski definition) is 6. The van der Waals surface area contributed by atoms with E-state index in [0.717, 1.165) is 39.1 Å². The van der Waals surface area contributed by atoms with Crippen LogP contribution in [0.15, 0.2) is 0 Å². The van der Waals surface area contributed by atoms with Crippen LogP contribution in [-0.2, 0) is 4.74 Å². The van der Waals surface area contributed by atoms with Crippen LogP contribution in [0.4, 0.5) is 11.9 Å². The van der Waals surface area contributed by atoms with Gasteiger partial charge in [-0.2, -0.15) is 15.0 Å². The third-order valence-electron chi connectivity index (χ3n) is 3.29. The highest BCUT2D eigenvalue weighted by Gasteiger charge is 2.15. The average Bonchev–Trinajstić information content (AvgIpc) is 2.47. The van der Waals surface area contributed by atoms with Gasteiger partial charge in [0.25, 0.3) is 0 Å². The minimum absolute atomic E-state index is 0.250. The minimum atomic E-state index is 0.250. The second-order valence-corrected chi connectivity index (χ2v) is 5.24. The third-order valence-corrected chi connectivity index (χ3v) is 3.46. The Morgan fingerprint density at radius 2 is 1.95 bits per heavy atom. The molecule has 6 nitrogen and oxygen atoms in total. The van der Waals surface area contributed by atoms with E-state index in [2.05, 4.69) is 25.2 Å². The van der Waals surface area contributed by atoms with Crippen molar-refractivity contribution in [1.29, 1.82) is 0 Å². The molecule has 1 saturated heterocycles. The molecule has 7 heteroatoms. The van der Waals surface area contributed by atoms with Gasteiger partial charge in [0.05, 0.1) is 0 Å². The first-order valence-corrected chi connectivity index (χ1v) is 7.57. The molecule has 1 N–H and O–H groups in total. The molecule has 1 aliphatic heterocycles. The van der Waals surface area contributed by atoms with E-state index in [0.29, 0.717) is 11.9 Å². The normalized spacial score (nSPS) is 15.4. The van der Waals surface area contributed by atoms with Gasteiger partial charge >= 0.3 is 0 Å². The van der Waals surface area contributed by atoms with Crippen LogP contribution in [0.25, 0.3) is 0 Å². The molecular formula is C13H22ClN5O. The van der Waals surface area contributed by atoms with Crippen LogP contribution in [0, 0.1) is 0 Å². The highest BCUT2D eigenvalue weighted by Crippen LogP contribution is 2.18. The van der Waals surface area contributed by atoms with Gasteiger partial charge in [-0.05, 0) is 43.7 Å². The zero-order chi connectivity index (χ0) is 14.2. The van der Waals surface area contributed by atoms with Gasteiger partial charge in [0.2, 0.25) is 17.2 Å². The molecule has 0 spiro atoms. The lowest BCUT2D eigenvalue weighted by Crippen LogP contribution is -2.31. The maximum atomic E-state index is 5.98. The number of methoxy groups -OCH3 is 1. The van der Waals surface area contributed by atoms with E-state index in [9.17, 15) is 0 Å². The zero-order valence-electron chi connectivity index (χ0n) is 11.9. The lowest BCUT2D eigenvalue weighted by molar-refractivity contribution is 0.193. The van der Waals surface area contributed by atoms with Gasteiger partial charge in [0, 0.05) is 33.4 Å². The van der Waals surface area contributed by atoms with Gasteiger partial charge in [-0.25, -0.2) is 0 Å². The smallest absolute Gasteiger partial charge is 0.231 e. The molecule has 2 rings (SSSR count). The summed E-state index contributed by atoms with van der Waals surface area (Å²) in [5.74, 6) is 1.24. The van der Waals surface area contributed by atoms with E-state index in [-0.39, 0.29) is 5.28 Å². The molecule has 1 aromatic rings. The van der Waals surface area contributed by atoms with Crippen molar-refractivity contribution in [3.05, 3.63) is 5.28 Å². The molecule has 0 amide bonds. The van der Waals surface area contributed by atoms with Gasteiger partial charge < -0.3 is 15.0 Å². The van der Waals surface area contributed by atoms with E-state index in [1.807, 2.05) is 0 Å². The number of aromatic nitrogens is 3. The number of unbranched alkanes of at least 4 members (excludes halogenated alkanes) is 1. The predicted octanol–water partition coefficient (Wildman–Crippen LogP) is 2.35. The zero-order valence-corrected chi connectivity index (χ0v) is 12.7. The molecule has 0 bridgehead atoms. The van der Waals surface area contributed by atoms with Crippen LogP contribution in [0.5, 0.6) is 0 Å². The van der Waals surface area contributed by atoms with Gasteiger partial charge in [0.15, 0.2) is 0 Å². The van der Waals surface area contributed by atoms with Crippen LogP contribution in [-0.4, -0.2) is 48.3 Å². The maximum Gasteiger partial charge on any atom is 0.231 e. The van der Waals surface area contributed by atoms with Crippen molar-refractivity contribution >= 4 is 23.5 Å². The van der Waals surface area contributed by atoms with Crippen LogP contribution in [0.1, 0.15) is 32.1 Å². The molecule has 0 radical (unpaired) electrons. The van der Waals surface area contributed by atoms with Crippen molar-refractivity contribution in [2.24, 2.45) is 0 Å². The summed E-state index contributed by atoms with van der Waals surface area (Å²) < 4.78 is 5.01. The fourth-order valence-electron chi connectivity index (χ4n) is 2.23. The largest absolute Gasteiger partial charge is 0.385 e. The molecule has 0 saturated carbocycles. The Morgan fingerprint density at radius 1 is 1.15 bits per heavy atom. The summed E-state index contributed by atoms with van der Waals surface area (Å²) in [5.41, 5.74) is 0. The molecule has 1 aliphatic rings. The highest BCUT2D eigenvalue weighted by molar-refractivity contribution is 6.28. The quantitative estimate of drug-likeness (QED) is 0.780. The monoisotopic (exact) mass is 299 g/mol. The second-order valence-electron chi connectivity index (χ2n) is 4.90. The first-order chi connectivity index (χ1) is 9.79. The molecule has 2 heterocycles. The van der Waals surface area contributed by atoms with Gasteiger partial charge in [-0.3, -0.25) is 0 Å². The third kappa shape index (κ3) is 4.76. The fraction of sp³-hybridized carbons (Fsp3) is 0.769. The second kappa shape index (κ2) is 8.21. The number of rotatable bonds is 7. The maximum absolute atomic E-state index is 5.98. The predicted molar refractivity (Wildman–Crippen MR) is 80.5 cm³/mol. The van der Waals surface area contributed by atoms with E-state index in [1.165, 1.54) is 19.3 Å². The Labute approximate surface area is 124 Å². The number of piperidine rings is 1. The number of anilines is 2. The SMILES string of the molecule is COCCCCNc1nc(Cl)nc(N2CCCCC2)n1. The summed E-state index contributed by atoms with van der Waals surface area (Å²) in [6.07, 6.45) is 5.67. The van der Waals surface area contributed by atoms with Gasteiger partial charge in [-0.1, -0.05) is 0 Å². The van der Waals surface area contributed by atoms with E-state index >= 15 is 0 Å². The Kier molecular flexibility index (Phi) is 6.26. The Hall–Kier alpha value is -1.14. The number of hydrogen-bond donors (Lipinski definition) is 1. The molecule has 112 valence electrons. The molecule has 1 aromatic heterocycles. The van der Waals surface area contributed by atoms with Gasteiger partial charge in [-0.15, -0.1) is 0 Å². The molecule has 1 fully saturated rings. The molecule has 0 unspecified atom stereocenters. The summed E-state index contributed by atoms with van der Waals surface area (Å²) >= 11 is 5.98. The summed E-state index contributed by atoms with van der Waals surface area (Å²) in [6, 6.07) is 0. The standard InChI is InChI=1S/C13H22ClN5O/c1-20-10-6-3-7-15-12-16-11(14)17-13(18-12)19-8-4-2-5-9-19/h2-10H2,1H3,(H,15,16,17,18). The molecule has 0 aromatic carbocycles. The van der Waals surface area contributed by atoms with Gasteiger partial charge in [0.1, 0.15) is 0 Å². The lowest BCUT2D eigenvalue weighted by Gasteiger charge is -2.26. The summed E-state index contributed by atoms with van der Waals surface area (Å²) in [5, 5.41) is 3.44. The number of ether oxygens (including phenoxy) is 1. The van der Waals surface area contributed by atoms with E-state index in [4.69, 9.17) is 16.3 Å². The molecule has 0 aliphatic carbocycles. The van der Waals surface area contributed by atoms with E-state index in [1.54, 1.807) is 7.11 Å². The van der Waals surface area contributed by atoms with Crippen LogP contribution in [0.3, 0.4) is 0 Å². The Morgan fingerprint density at radius 3 is 2.70 bits per heavy atom. The summed E-state index contributed by atoms with van der Waals surface area (Å²) in [4.78, 5) is 15.0. The van der Waals surface area contributed by atoms with Crippen molar-refractivity contribution in [2.75, 3.05) is 43.6 Å². The first kappa shape index (κ1) is 15.3. The van der Waals surface area contributed by atoms with Crippen LogP contribution >= 0.6 is 11.6 Å². The summed E-state index contributed by atoms with van der Waals surface area (Å²) in [7, 11) is 1.71. The molecule has 0 atom stereocenters. The Balaban J connectivity index is 1.90. The van der Waals surface area contributed by atoms with E-state index < -0.39 is 0 Å². The van der Waals surface area contributed by atoms with Crippen LogP contribution < -0.4 is 10.2 Å². The molecule has 20 heavy (non-hydrogen) atoms. The average molecular weight is 300 g/mol. The number of nitrogens with zero attached hydrogens (tertiary/aromatic N) is 4. The Bertz CT molecular complexity index is 412. The topological polar surface area (TPSA) is 63.2 Å².